The third-order valence-electron chi connectivity index (χ3n) is 7.63. The Labute approximate surface area is 237 Å². The molecule has 0 atom stereocenters. The molecule has 0 unspecified atom stereocenters. The van der Waals surface area contributed by atoms with Crippen molar-refractivity contribution in [1.29, 1.82) is 0 Å². The molecule has 2 aromatic carbocycles. The summed E-state index contributed by atoms with van der Waals surface area (Å²) in [7, 11) is 0. The van der Waals surface area contributed by atoms with Gasteiger partial charge < -0.3 is 10.2 Å². The van der Waals surface area contributed by atoms with Crippen molar-refractivity contribution in [3.63, 3.8) is 0 Å². The van der Waals surface area contributed by atoms with E-state index in [0.717, 1.165) is 24.5 Å². The number of nitrogens with one attached hydrogen (secondary N) is 1. The molecular formula is C33H51N3OS. The predicted molar refractivity (Wildman–Crippen MR) is 168 cm³/mol. The Morgan fingerprint density at radius 2 is 1.34 bits per heavy atom. The monoisotopic (exact) mass is 537 g/mol. The lowest BCUT2D eigenvalue weighted by atomic mass is 9.92. The smallest absolute Gasteiger partial charge is 0.234 e. The van der Waals surface area contributed by atoms with Crippen LogP contribution in [0.5, 0.6) is 0 Å². The number of carbonyl (C=O) groups is 1. The molecule has 1 aliphatic heterocycles. The van der Waals surface area contributed by atoms with E-state index in [-0.39, 0.29) is 5.91 Å². The zero-order valence-electron chi connectivity index (χ0n) is 24.4. The molecule has 0 radical (unpaired) electrons. The molecule has 5 heteroatoms. The van der Waals surface area contributed by atoms with Crippen LogP contribution in [-0.2, 0) is 4.79 Å². The van der Waals surface area contributed by atoms with Gasteiger partial charge in [-0.05, 0) is 60.2 Å². The molecule has 1 aliphatic rings. The number of amides is 1. The molecule has 1 amide bonds. The van der Waals surface area contributed by atoms with Crippen LogP contribution in [0.2, 0.25) is 0 Å². The highest BCUT2D eigenvalue weighted by Gasteiger charge is 2.17. The fourth-order valence-electron chi connectivity index (χ4n) is 5.33. The normalized spacial score (nSPS) is 14.4. The summed E-state index contributed by atoms with van der Waals surface area (Å²) < 4.78 is 0. The van der Waals surface area contributed by atoms with E-state index in [1.165, 1.54) is 81.4 Å². The maximum Gasteiger partial charge on any atom is 0.234 e. The van der Waals surface area contributed by atoms with Gasteiger partial charge in [-0.25, -0.2) is 0 Å². The van der Waals surface area contributed by atoms with Crippen LogP contribution < -0.4 is 10.2 Å². The average Bonchev–Trinajstić information content (AvgIpc) is 2.92. The molecule has 0 aromatic heterocycles. The lowest BCUT2D eigenvalue weighted by Gasteiger charge is -2.36. The number of carbonyl (C=O) groups excluding carboxylic acids is 1. The number of hydrogen-bond donors (Lipinski definition) is 1. The Kier molecular flexibility index (Phi) is 13.6. The number of nitrogens with zero attached hydrogens (tertiary/aromatic N) is 2. The van der Waals surface area contributed by atoms with Crippen LogP contribution in [0.25, 0.3) is 0 Å². The molecular weight excluding hydrogens is 486 g/mol. The van der Waals surface area contributed by atoms with Gasteiger partial charge in [0.15, 0.2) is 0 Å². The van der Waals surface area contributed by atoms with Crippen molar-refractivity contribution in [1.82, 2.24) is 4.90 Å². The first kappa shape index (κ1) is 30.6. The van der Waals surface area contributed by atoms with Gasteiger partial charge in [0.05, 0.1) is 5.75 Å². The number of piperazine rings is 1. The van der Waals surface area contributed by atoms with Gasteiger partial charge in [-0.1, -0.05) is 96.2 Å². The second-order valence-corrected chi connectivity index (χ2v) is 12.5. The molecule has 3 rings (SSSR count). The van der Waals surface area contributed by atoms with Crippen molar-refractivity contribution in [3.8, 4) is 0 Å². The first-order valence-corrected chi connectivity index (χ1v) is 16.1. The molecule has 2 aromatic rings. The van der Waals surface area contributed by atoms with Gasteiger partial charge >= 0.3 is 0 Å². The minimum atomic E-state index is 0.131. The molecule has 0 bridgehead atoms. The summed E-state index contributed by atoms with van der Waals surface area (Å²) in [5, 5.41) is 3.24. The highest BCUT2D eigenvalue weighted by atomic mass is 32.2. The lowest BCUT2D eigenvalue weighted by molar-refractivity contribution is -0.113. The molecule has 1 N–H and O–H groups in total. The first-order chi connectivity index (χ1) is 18.5. The Balaban J connectivity index is 1.17. The largest absolute Gasteiger partial charge is 0.369 e. The molecule has 38 heavy (non-hydrogen) atoms. The second kappa shape index (κ2) is 16.9. The van der Waals surface area contributed by atoms with Gasteiger partial charge in [-0.15, -0.1) is 0 Å². The highest BCUT2D eigenvalue weighted by Crippen LogP contribution is 2.32. The van der Waals surface area contributed by atoms with Gasteiger partial charge in [0.25, 0.3) is 0 Å². The molecule has 1 fully saturated rings. The molecule has 1 heterocycles. The Morgan fingerprint density at radius 3 is 1.95 bits per heavy atom. The minimum absolute atomic E-state index is 0.131. The first-order valence-electron chi connectivity index (χ1n) is 15.0. The van der Waals surface area contributed by atoms with Crippen molar-refractivity contribution in [2.45, 2.75) is 84.5 Å². The van der Waals surface area contributed by atoms with E-state index in [4.69, 9.17) is 0 Å². The van der Waals surface area contributed by atoms with Crippen LogP contribution in [0.4, 0.5) is 11.4 Å². The Morgan fingerprint density at radius 1 is 0.763 bits per heavy atom. The maximum atomic E-state index is 12.7. The third-order valence-corrected chi connectivity index (χ3v) is 8.67. The number of rotatable bonds is 16. The van der Waals surface area contributed by atoms with E-state index in [1.807, 2.05) is 0 Å². The quantitative estimate of drug-likeness (QED) is 0.219. The van der Waals surface area contributed by atoms with Crippen LogP contribution in [-0.4, -0.2) is 55.0 Å². The molecule has 4 nitrogen and oxygen atoms in total. The number of hydrogen-bond acceptors (Lipinski definition) is 4. The van der Waals surface area contributed by atoms with Crippen LogP contribution in [0.1, 0.15) is 95.6 Å². The maximum absolute atomic E-state index is 12.7. The van der Waals surface area contributed by atoms with Gasteiger partial charge in [0.1, 0.15) is 0 Å². The summed E-state index contributed by atoms with van der Waals surface area (Å²) in [6, 6.07) is 17.2. The number of anilines is 2. The third kappa shape index (κ3) is 10.3. The molecule has 0 aliphatic carbocycles. The SMILES string of the molecule is CC(C)c1cccc(C(C)C)c1NC(=O)CSCCCCCCCCCN1CCN(c2ccccc2)CC1. The van der Waals surface area contributed by atoms with Crippen molar-refractivity contribution in [2.24, 2.45) is 0 Å². The summed E-state index contributed by atoms with van der Waals surface area (Å²) in [6.45, 7) is 14.7. The Hall–Kier alpha value is -1.98. The van der Waals surface area contributed by atoms with Gasteiger partial charge in [-0.2, -0.15) is 11.8 Å². The van der Waals surface area contributed by atoms with Gasteiger partial charge in [0, 0.05) is 37.6 Å². The van der Waals surface area contributed by atoms with E-state index in [2.05, 4.69) is 91.3 Å². The summed E-state index contributed by atoms with van der Waals surface area (Å²) in [4.78, 5) is 17.8. The summed E-state index contributed by atoms with van der Waals surface area (Å²) in [6.07, 6.45) is 9.19. The topological polar surface area (TPSA) is 35.6 Å². The second-order valence-electron chi connectivity index (χ2n) is 11.4. The fourth-order valence-corrected chi connectivity index (χ4v) is 6.14. The van der Waals surface area contributed by atoms with Gasteiger partial charge in [-0.3, -0.25) is 9.69 Å². The molecule has 0 spiro atoms. The molecule has 0 saturated carbocycles. The Bertz CT molecular complexity index is 912. The van der Waals surface area contributed by atoms with Crippen molar-refractivity contribution in [3.05, 3.63) is 59.7 Å². The number of thioether (sulfide) groups is 1. The van der Waals surface area contributed by atoms with E-state index in [1.54, 1.807) is 11.8 Å². The van der Waals surface area contributed by atoms with Crippen LogP contribution >= 0.6 is 11.8 Å². The van der Waals surface area contributed by atoms with Crippen LogP contribution in [0, 0.1) is 0 Å². The van der Waals surface area contributed by atoms with Crippen LogP contribution in [0.3, 0.4) is 0 Å². The minimum Gasteiger partial charge on any atom is -0.369 e. The number of para-hydroxylation sites is 2. The van der Waals surface area contributed by atoms with Crippen molar-refractivity contribution in [2.75, 3.05) is 54.4 Å². The highest BCUT2D eigenvalue weighted by molar-refractivity contribution is 7.99. The molecule has 210 valence electrons. The van der Waals surface area contributed by atoms with Crippen molar-refractivity contribution >= 4 is 29.0 Å². The molecule has 1 saturated heterocycles. The standard InChI is InChI=1S/C33H51N3OS/c1-27(2)30-18-15-19-31(28(3)4)33(30)34-32(37)26-38-25-14-9-7-5-6-8-13-20-35-21-23-36(24-22-35)29-16-11-10-12-17-29/h10-12,15-19,27-28H,5-9,13-14,20-26H2,1-4H3,(H,34,37). The van der Waals surface area contributed by atoms with E-state index < -0.39 is 0 Å². The van der Waals surface area contributed by atoms with E-state index in [0.29, 0.717) is 17.6 Å². The van der Waals surface area contributed by atoms with Gasteiger partial charge in [0.2, 0.25) is 5.91 Å². The zero-order valence-corrected chi connectivity index (χ0v) is 25.2. The fraction of sp³-hybridized carbons (Fsp3) is 0.606. The van der Waals surface area contributed by atoms with Crippen LogP contribution in [0.15, 0.2) is 48.5 Å². The van der Waals surface area contributed by atoms with E-state index in [9.17, 15) is 4.79 Å². The summed E-state index contributed by atoms with van der Waals surface area (Å²) >= 11 is 1.77. The predicted octanol–water partition coefficient (Wildman–Crippen LogP) is 8.16. The van der Waals surface area contributed by atoms with E-state index >= 15 is 0 Å². The number of benzene rings is 2. The number of unbranched alkanes of at least 4 members (excludes halogenated alkanes) is 6. The zero-order chi connectivity index (χ0) is 27.2. The lowest BCUT2D eigenvalue weighted by Crippen LogP contribution is -2.46. The summed E-state index contributed by atoms with van der Waals surface area (Å²) in [5.41, 5.74) is 4.87. The van der Waals surface area contributed by atoms with Crippen molar-refractivity contribution < 1.29 is 4.79 Å². The average molecular weight is 538 g/mol. The summed E-state index contributed by atoms with van der Waals surface area (Å²) in [5.74, 6) is 2.54.